The summed E-state index contributed by atoms with van der Waals surface area (Å²) in [5.74, 6) is -2.16. The van der Waals surface area contributed by atoms with Gasteiger partial charge in [-0.25, -0.2) is 8.78 Å². The number of halogens is 3. The van der Waals surface area contributed by atoms with Gasteiger partial charge < -0.3 is 0 Å². The zero-order chi connectivity index (χ0) is 9.14. The lowest BCUT2D eigenvalue weighted by Crippen LogP contribution is -1.94. The van der Waals surface area contributed by atoms with Crippen molar-refractivity contribution in [2.75, 3.05) is 0 Å². The van der Waals surface area contributed by atoms with Crippen molar-refractivity contribution >= 4 is 11.6 Å². The molecule has 1 aromatic carbocycles. The minimum absolute atomic E-state index is 0.0000926. The van der Waals surface area contributed by atoms with Crippen LogP contribution in [0.2, 0.25) is 0 Å². The molecule has 0 bridgehead atoms. The third kappa shape index (κ3) is 1.39. The lowest BCUT2D eigenvalue weighted by molar-refractivity contribution is 0.505. The molecule has 62 valence electrons. The summed E-state index contributed by atoms with van der Waals surface area (Å²) in [5, 5.41) is 8.44. The van der Waals surface area contributed by atoms with E-state index in [4.69, 9.17) is 16.9 Å². The van der Waals surface area contributed by atoms with Gasteiger partial charge in [0.05, 0.1) is 5.56 Å². The van der Waals surface area contributed by atoms with Gasteiger partial charge in [0.15, 0.2) is 11.6 Å². The Balaban J connectivity index is 3.38. The lowest BCUT2D eigenvalue weighted by atomic mass is 10.1. The topological polar surface area (TPSA) is 23.8 Å². The lowest BCUT2D eigenvalue weighted by Gasteiger charge is -2.00. The van der Waals surface area contributed by atoms with Crippen LogP contribution in [0, 0.1) is 23.0 Å². The van der Waals surface area contributed by atoms with Gasteiger partial charge in [0.1, 0.15) is 6.07 Å². The van der Waals surface area contributed by atoms with Crippen molar-refractivity contribution in [2.45, 2.75) is 5.88 Å². The van der Waals surface area contributed by atoms with Gasteiger partial charge in [-0.15, -0.1) is 11.6 Å². The smallest absolute Gasteiger partial charge is 0.176 e. The van der Waals surface area contributed by atoms with Crippen LogP contribution in [-0.2, 0) is 5.88 Å². The Morgan fingerprint density at radius 3 is 2.58 bits per heavy atom. The second-order valence-electron chi connectivity index (χ2n) is 2.14. The Morgan fingerprint density at radius 1 is 1.42 bits per heavy atom. The summed E-state index contributed by atoms with van der Waals surface area (Å²) in [6, 6.07) is 3.80. The number of rotatable bonds is 1. The number of alkyl halides is 1. The van der Waals surface area contributed by atoms with E-state index in [1.54, 1.807) is 6.07 Å². The van der Waals surface area contributed by atoms with Crippen LogP contribution in [0.15, 0.2) is 12.1 Å². The minimum Gasteiger partial charge on any atom is -0.204 e. The van der Waals surface area contributed by atoms with Crippen LogP contribution in [0.4, 0.5) is 8.78 Å². The van der Waals surface area contributed by atoms with Crippen molar-refractivity contribution in [3.8, 4) is 6.07 Å². The zero-order valence-electron chi connectivity index (χ0n) is 5.94. The standard InChI is InChI=1S/C8H4ClF2N/c9-3-5-1-2-7(10)8(11)6(5)4-12/h1-2H,3H2. The van der Waals surface area contributed by atoms with Crippen molar-refractivity contribution in [1.29, 1.82) is 5.26 Å². The van der Waals surface area contributed by atoms with Gasteiger partial charge in [0, 0.05) is 5.88 Å². The number of nitrogens with zero attached hydrogens (tertiary/aromatic N) is 1. The molecule has 0 aliphatic carbocycles. The molecule has 1 nitrogen and oxygen atoms in total. The molecule has 1 rings (SSSR count). The summed E-state index contributed by atoms with van der Waals surface area (Å²) in [7, 11) is 0. The molecule has 0 aliphatic heterocycles. The molecule has 0 spiro atoms. The molecule has 0 unspecified atom stereocenters. The van der Waals surface area contributed by atoms with Gasteiger partial charge in [0.25, 0.3) is 0 Å². The highest BCUT2D eigenvalue weighted by atomic mass is 35.5. The zero-order valence-corrected chi connectivity index (χ0v) is 6.70. The Morgan fingerprint density at radius 2 is 2.08 bits per heavy atom. The molecule has 12 heavy (non-hydrogen) atoms. The van der Waals surface area contributed by atoms with Crippen molar-refractivity contribution in [1.82, 2.24) is 0 Å². The third-order valence-electron chi connectivity index (χ3n) is 1.44. The number of benzene rings is 1. The van der Waals surface area contributed by atoms with Crippen molar-refractivity contribution < 1.29 is 8.78 Å². The molecule has 1 aromatic rings. The second-order valence-corrected chi connectivity index (χ2v) is 2.41. The highest BCUT2D eigenvalue weighted by Gasteiger charge is 2.11. The van der Waals surface area contributed by atoms with E-state index in [0.717, 1.165) is 6.07 Å². The quantitative estimate of drug-likeness (QED) is 0.620. The normalized spacial score (nSPS) is 9.50. The largest absolute Gasteiger partial charge is 0.204 e. The fourth-order valence-electron chi connectivity index (χ4n) is 0.823. The molecule has 0 aliphatic rings. The van der Waals surface area contributed by atoms with Gasteiger partial charge in [0.2, 0.25) is 0 Å². The van der Waals surface area contributed by atoms with Crippen LogP contribution in [0.3, 0.4) is 0 Å². The molecular formula is C8H4ClF2N. The second kappa shape index (κ2) is 3.51. The van der Waals surface area contributed by atoms with Crippen molar-refractivity contribution in [3.63, 3.8) is 0 Å². The van der Waals surface area contributed by atoms with E-state index >= 15 is 0 Å². The first kappa shape index (κ1) is 8.95. The maximum absolute atomic E-state index is 12.8. The van der Waals surface area contributed by atoms with Gasteiger partial charge >= 0.3 is 0 Å². The highest BCUT2D eigenvalue weighted by Crippen LogP contribution is 2.17. The summed E-state index contributed by atoms with van der Waals surface area (Å²) in [6.07, 6.45) is 0. The van der Waals surface area contributed by atoms with Crippen molar-refractivity contribution in [3.05, 3.63) is 34.9 Å². The van der Waals surface area contributed by atoms with E-state index in [1.165, 1.54) is 6.07 Å². The average Bonchev–Trinajstić information content (AvgIpc) is 2.09. The van der Waals surface area contributed by atoms with Gasteiger partial charge in [-0.2, -0.15) is 5.26 Å². The molecule has 0 saturated carbocycles. The summed E-state index contributed by atoms with van der Waals surface area (Å²) in [5.41, 5.74) is -0.0110. The predicted octanol–water partition coefficient (Wildman–Crippen LogP) is 2.58. The van der Waals surface area contributed by atoms with E-state index in [9.17, 15) is 8.78 Å². The summed E-state index contributed by atoms with van der Waals surface area (Å²) in [6.45, 7) is 0. The van der Waals surface area contributed by atoms with E-state index in [2.05, 4.69) is 0 Å². The Bertz CT molecular complexity index is 344. The van der Waals surface area contributed by atoms with E-state index in [1.807, 2.05) is 0 Å². The molecule has 0 atom stereocenters. The van der Waals surface area contributed by atoms with Crippen LogP contribution in [0.1, 0.15) is 11.1 Å². The summed E-state index contributed by atoms with van der Waals surface area (Å²) >= 11 is 5.39. The van der Waals surface area contributed by atoms with Crippen LogP contribution < -0.4 is 0 Å². The predicted molar refractivity (Wildman–Crippen MR) is 40.6 cm³/mol. The monoisotopic (exact) mass is 187 g/mol. The minimum atomic E-state index is -1.13. The summed E-state index contributed by atoms with van der Waals surface area (Å²) in [4.78, 5) is 0. The number of hydrogen-bond donors (Lipinski definition) is 0. The fraction of sp³-hybridized carbons (Fsp3) is 0.125. The highest BCUT2D eigenvalue weighted by molar-refractivity contribution is 6.17. The molecule has 0 aromatic heterocycles. The van der Waals surface area contributed by atoms with Gasteiger partial charge in [-0.05, 0) is 11.6 Å². The Hall–Kier alpha value is -1.14. The molecule has 0 heterocycles. The molecule has 0 amide bonds. The van der Waals surface area contributed by atoms with Gasteiger partial charge in [-0.1, -0.05) is 6.07 Å². The summed E-state index contributed by atoms with van der Waals surface area (Å²) < 4.78 is 25.3. The molecular weight excluding hydrogens is 184 g/mol. The van der Waals surface area contributed by atoms with Crippen molar-refractivity contribution in [2.24, 2.45) is 0 Å². The van der Waals surface area contributed by atoms with Gasteiger partial charge in [-0.3, -0.25) is 0 Å². The molecule has 0 N–H and O–H groups in total. The van der Waals surface area contributed by atoms with E-state index in [-0.39, 0.29) is 11.4 Å². The SMILES string of the molecule is N#Cc1c(CCl)ccc(F)c1F. The van der Waals surface area contributed by atoms with Crippen LogP contribution in [0.25, 0.3) is 0 Å². The third-order valence-corrected chi connectivity index (χ3v) is 1.72. The maximum Gasteiger partial charge on any atom is 0.176 e. The maximum atomic E-state index is 12.8. The fourth-order valence-corrected chi connectivity index (χ4v) is 1.05. The first-order valence-electron chi connectivity index (χ1n) is 3.13. The molecule has 4 heteroatoms. The number of hydrogen-bond acceptors (Lipinski definition) is 1. The van der Waals surface area contributed by atoms with Crippen LogP contribution in [-0.4, -0.2) is 0 Å². The number of nitriles is 1. The first-order chi connectivity index (χ1) is 5.70. The molecule has 0 radical (unpaired) electrons. The van der Waals surface area contributed by atoms with Crippen LogP contribution in [0.5, 0.6) is 0 Å². The average molecular weight is 188 g/mol. The van der Waals surface area contributed by atoms with E-state index in [0.29, 0.717) is 5.56 Å². The molecule has 0 fully saturated rings. The molecule has 0 saturated heterocycles. The Labute approximate surface area is 73.2 Å². The van der Waals surface area contributed by atoms with E-state index < -0.39 is 11.6 Å². The first-order valence-corrected chi connectivity index (χ1v) is 3.67. The van der Waals surface area contributed by atoms with Crippen LogP contribution >= 0.6 is 11.6 Å². The Kier molecular flexibility index (Phi) is 2.61.